The minimum atomic E-state index is -0.649. The number of rotatable bonds is 5. The van der Waals surface area contributed by atoms with Gasteiger partial charge in [0.15, 0.2) is 12.9 Å². The van der Waals surface area contributed by atoms with Crippen LogP contribution >= 0.6 is 23.2 Å². The summed E-state index contributed by atoms with van der Waals surface area (Å²) in [5.74, 6) is -0.147. The normalized spacial score (nSPS) is 10.5. The van der Waals surface area contributed by atoms with Gasteiger partial charge >= 0.3 is 5.97 Å². The number of hydrogen-bond acceptors (Lipinski definition) is 4. The number of esters is 1. The molecule has 0 saturated heterocycles. The quantitative estimate of drug-likeness (QED) is 0.360. The molecule has 0 aliphatic carbocycles. The van der Waals surface area contributed by atoms with Crippen molar-refractivity contribution in [3.63, 3.8) is 0 Å². The second-order valence-electron chi connectivity index (χ2n) is 5.15. The van der Waals surface area contributed by atoms with Crippen LogP contribution in [-0.2, 0) is 4.79 Å². The predicted octanol–water partition coefficient (Wildman–Crippen LogP) is 4.94. The van der Waals surface area contributed by atoms with Gasteiger partial charge in [0.1, 0.15) is 11.5 Å². The summed E-state index contributed by atoms with van der Waals surface area (Å²) in [5, 5.41) is 2.35. The molecule has 4 nitrogen and oxygen atoms in total. The van der Waals surface area contributed by atoms with Crippen LogP contribution in [0, 0.1) is 0 Å². The molecule has 0 N–H and O–H groups in total. The summed E-state index contributed by atoms with van der Waals surface area (Å²) in [5.41, 5.74) is 0.316. The molecule has 0 aliphatic heterocycles. The first-order chi connectivity index (χ1) is 12.1. The van der Waals surface area contributed by atoms with Crippen LogP contribution in [0.4, 0.5) is 0 Å². The molecule has 0 aromatic heterocycles. The second-order valence-corrected chi connectivity index (χ2v) is 6.00. The monoisotopic (exact) mass is 374 g/mol. The van der Waals surface area contributed by atoms with Gasteiger partial charge in [0.2, 0.25) is 0 Å². The zero-order valence-electron chi connectivity index (χ0n) is 12.9. The van der Waals surface area contributed by atoms with Crippen molar-refractivity contribution < 1.29 is 19.1 Å². The smallest absolute Gasteiger partial charge is 0.349 e. The first-order valence-corrected chi connectivity index (χ1v) is 8.09. The van der Waals surface area contributed by atoms with E-state index in [2.05, 4.69) is 0 Å². The number of halogens is 2. The van der Waals surface area contributed by atoms with Gasteiger partial charge in [-0.05, 0) is 35.0 Å². The Morgan fingerprint density at radius 1 is 1.00 bits per heavy atom. The zero-order chi connectivity index (χ0) is 17.8. The number of aldehydes is 1. The maximum Gasteiger partial charge on any atom is 0.349 e. The molecule has 0 spiro atoms. The Bertz CT molecular complexity index is 953. The lowest BCUT2D eigenvalue weighted by molar-refractivity contribution is -0.136. The first-order valence-electron chi connectivity index (χ1n) is 7.34. The summed E-state index contributed by atoms with van der Waals surface area (Å²) in [4.78, 5) is 23.5. The number of hydrogen-bond donors (Lipinski definition) is 0. The van der Waals surface area contributed by atoms with Gasteiger partial charge in [0.25, 0.3) is 0 Å². The van der Waals surface area contributed by atoms with E-state index in [1.54, 1.807) is 30.3 Å². The van der Waals surface area contributed by atoms with E-state index in [1.807, 2.05) is 18.2 Å². The lowest BCUT2D eigenvalue weighted by Gasteiger charge is -2.11. The Kier molecular flexibility index (Phi) is 5.22. The van der Waals surface area contributed by atoms with Crippen LogP contribution in [0.15, 0.2) is 54.6 Å². The average molecular weight is 375 g/mol. The summed E-state index contributed by atoms with van der Waals surface area (Å²) >= 11 is 11.8. The number of fused-ring (bicyclic) bond motifs is 1. The molecule has 0 amide bonds. The minimum absolute atomic E-state index is 0.185. The van der Waals surface area contributed by atoms with Gasteiger partial charge in [-0.3, -0.25) is 4.79 Å². The summed E-state index contributed by atoms with van der Waals surface area (Å²) in [6.07, 6.45) is 0.669. The van der Waals surface area contributed by atoms with Crippen molar-refractivity contribution in [2.45, 2.75) is 0 Å². The minimum Gasteiger partial charge on any atom is -0.480 e. The van der Waals surface area contributed by atoms with Gasteiger partial charge in [-0.2, -0.15) is 0 Å². The van der Waals surface area contributed by atoms with Crippen LogP contribution in [0.3, 0.4) is 0 Å². The van der Waals surface area contributed by atoms with Gasteiger partial charge in [-0.15, -0.1) is 0 Å². The Hall–Kier alpha value is -2.56. The van der Waals surface area contributed by atoms with Crippen LogP contribution in [0.1, 0.15) is 10.4 Å². The Morgan fingerprint density at radius 3 is 2.52 bits per heavy atom. The van der Waals surface area contributed by atoms with Crippen molar-refractivity contribution in [1.82, 2.24) is 0 Å². The molecule has 0 aliphatic rings. The van der Waals surface area contributed by atoms with E-state index in [-0.39, 0.29) is 12.4 Å². The molecule has 0 bridgehead atoms. The second kappa shape index (κ2) is 7.55. The van der Waals surface area contributed by atoms with Crippen molar-refractivity contribution in [3.8, 4) is 11.5 Å². The van der Waals surface area contributed by atoms with E-state index in [0.29, 0.717) is 33.0 Å². The molecule has 0 saturated carbocycles. The van der Waals surface area contributed by atoms with Crippen LogP contribution in [0.2, 0.25) is 10.0 Å². The molecule has 3 rings (SSSR count). The molecular formula is C19H12Cl2O4. The van der Waals surface area contributed by atoms with Crippen molar-refractivity contribution in [2.24, 2.45) is 0 Å². The summed E-state index contributed by atoms with van der Waals surface area (Å²) in [6.45, 7) is -0.355. The van der Waals surface area contributed by atoms with Gasteiger partial charge < -0.3 is 9.47 Å². The molecule has 3 aromatic carbocycles. The van der Waals surface area contributed by atoms with E-state index >= 15 is 0 Å². The van der Waals surface area contributed by atoms with Gasteiger partial charge in [-0.25, -0.2) is 4.79 Å². The highest BCUT2D eigenvalue weighted by atomic mass is 35.5. The maximum absolute atomic E-state index is 12.0. The van der Waals surface area contributed by atoms with Crippen LogP contribution < -0.4 is 9.47 Å². The lowest BCUT2D eigenvalue weighted by Crippen LogP contribution is -2.18. The standard InChI is InChI=1S/C19H12Cl2O4/c20-13-6-8-18(16(21)9-13)24-11-19(23)25-17-7-5-12-3-1-2-4-14(12)15(17)10-22/h1-10H,11H2. The Balaban J connectivity index is 1.74. The maximum atomic E-state index is 12.0. The fourth-order valence-corrected chi connectivity index (χ4v) is 2.83. The molecule has 0 radical (unpaired) electrons. The average Bonchev–Trinajstić information content (AvgIpc) is 2.61. The highest BCUT2D eigenvalue weighted by Gasteiger charge is 2.13. The van der Waals surface area contributed by atoms with Gasteiger partial charge in [0, 0.05) is 5.02 Å². The molecule has 126 valence electrons. The zero-order valence-corrected chi connectivity index (χ0v) is 14.4. The molecule has 0 atom stereocenters. The molecule has 0 fully saturated rings. The van der Waals surface area contributed by atoms with E-state index in [4.69, 9.17) is 32.7 Å². The highest BCUT2D eigenvalue weighted by molar-refractivity contribution is 6.35. The van der Waals surface area contributed by atoms with Crippen molar-refractivity contribution >= 4 is 46.2 Å². The van der Waals surface area contributed by atoms with Gasteiger partial charge in [0.05, 0.1) is 10.6 Å². The first kappa shape index (κ1) is 17.3. The molecule has 25 heavy (non-hydrogen) atoms. The fraction of sp³-hybridized carbons (Fsp3) is 0.0526. The summed E-state index contributed by atoms with van der Waals surface area (Å²) in [6, 6.07) is 15.4. The van der Waals surface area contributed by atoms with Crippen molar-refractivity contribution in [1.29, 1.82) is 0 Å². The molecular weight excluding hydrogens is 363 g/mol. The van der Waals surface area contributed by atoms with E-state index in [1.165, 1.54) is 6.07 Å². The molecule has 0 heterocycles. The summed E-state index contributed by atoms with van der Waals surface area (Å²) < 4.78 is 10.6. The Labute approximate surface area is 153 Å². The highest BCUT2D eigenvalue weighted by Crippen LogP contribution is 2.28. The Morgan fingerprint density at radius 2 is 1.76 bits per heavy atom. The topological polar surface area (TPSA) is 52.6 Å². The van der Waals surface area contributed by atoms with E-state index in [0.717, 1.165) is 5.39 Å². The lowest BCUT2D eigenvalue weighted by atomic mass is 10.0. The van der Waals surface area contributed by atoms with Crippen molar-refractivity contribution in [2.75, 3.05) is 6.61 Å². The molecule has 6 heteroatoms. The SMILES string of the molecule is O=Cc1c(OC(=O)COc2ccc(Cl)cc2Cl)ccc2ccccc12. The summed E-state index contributed by atoms with van der Waals surface area (Å²) in [7, 11) is 0. The largest absolute Gasteiger partial charge is 0.480 e. The molecule has 0 unspecified atom stereocenters. The third-order valence-electron chi connectivity index (χ3n) is 3.51. The fourth-order valence-electron chi connectivity index (χ4n) is 2.37. The van der Waals surface area contributed by atoms with E-state index in [9.17, 15) is 9.59 Å². The van der Waals surface area contributed by atoms with Gasteiger partial charge in [-0.1, -0.05) is 53.5 Å². The third kappa shape index (κ3) is 3.92. The number of carbonyl (C=O) groups is 2. The van der Waals surface area contributed by atoms with Crippen LogP contribution in [0.25, 0.3) is 10.8 Å². The number of ether oxygens (including phenoxy) is 2. The number of carbonyl (C=O) groups excluding carboxylic acids is 2. The van der Waals surface area contributed by atoms with Crippen LogP contribution in [-0.4, -0.2) is 18.9 Å². The predicted molar refractivity (Wildman–Crippen MR) is 96.9 cm³/mol. The van der Waals surface area contributed by atoms with Crippen LogP contribution in [0.5, 0.6) is 11.5 Å². The third-order valence-corrected chi connectivity index (χ3v) is 4.04. The number of benzene rings is 3. The van der Waals surface area contributed by atoms with E-state index < -0.39 is 5.97 Å². The molecule has 3 aromatic rings. The van der Waals surface area contributed by atoms with Crippen molar-refractivity contribution in [3.05, 3.63) is 70.2 Å².